The fraction of sp³-hybridized carbons (Fsp3) is 0.438. The van der Waals surface area contributed by atoms with Gasteiger partial charge in [0.05, 0.1) is 13.2 Å². The first kappa shape index (κ1) is 19.3. The predicted molar refractivity (Wildman–Crippen MR) is 87.7 cm³/mol. The number of benzene rings is 1. The van der Waals surface area contributed by atoms with Crippen molar-refractivity contribution < 1.29 is 23.9 Å². The highest BCUT2D eigenvalue weighted by atomic mass is 16.5. The van der Waals surface area contributed by atoms with Gasteiger partial charge in [0.2, 0.25) is 0 Å². The van der Waals surface area contributed by atoms with Crippen LogP contribution in [0.1, 0.15) is 38.1 Å². The Kier molecular flexibility index (Phi) is 7.54. The van der Waals surface area contributed by atoms with Crippen molar-refractivity contribution in [2.24, 2.45) is 0 Å². The zero-order valence-electron chi connectivity index (χ0n) is 14.3. The van der Waals surface area contributed by atoms with Crippen molar-refractivity contribution in [3.05, 3.63) is 23.8 Å². The second kappa shape index (κ2) is 9.39. The van der Waals surface area contributed by atoms with Crippen molar-refractivity contribution >= 4 is 17.7 Å². The number of hydrazine groups is 1. The van der Waals surface area contributed by atoms with E-state index < -0.39 is 17.7 Å². The van der Waals surface area contributed by atoms with E-state index in [4.69, 9.17) is 9.47 Å². The predicted octanol–water partition coefficient (Wildman–Crippen LogP) is 0.770. The number of amides is 3. The molecule has 1 aromatic rings. The molecule has 0 bridgehead atoms. The van der Waals surface area contributed by atoms with Crippen LogP contribution in [0.25, 0.3) is 0 Å². The monoisotopic (exact) mass is 337 g/mol. The number of carbonyl (C=O) groups is 3. The highest BCUT2D eigenvalue weighted by molar-refractivity contribution is 6.35. The van der Waals surface area contributed by atoms with Gasteiger partial charge in [-0.1, -0.05) is 0 Å². The Hall–Kier alpha value is -2.77. The first-order chi connectivity index (χ1) is 11.4. The van der Waals surface area contributed by atoms with Crippen LogP contribution in [0.5, 0.6) is 11.5 Å². The Balaban J connectivity index is 2.72. The maximum atomic E-state index is 12.1. The van der Waals surface area contributed by atoms with Crippen molar-refractivity contribution in [2.75, 3.05) is 13.2 Å². The number of nitrogens with one attached hydrogen (secondary N) is 3. The zero-order valence-corrected chi connectivity index (χ0v) is 14.3. The molecular formula is C16H23N3O5. The molecule has 24 heavy (non-hydrogen) atoms. The lowest BCUT2D eigenvalue weighted by molar-refractivity contribution is -0.139. The van der Waals surface area contributed by atoms with Crippen LogP contribution in [-0.4, -0.2) is 37.0 Å². The fourth-order valence-corrected chi connectivity index (χ4v) is 1.76. The van der Waals surface area contributed by atoms with Crippen LogP contribution >= 0.6 is 0 Å². The molecule has 0 fully saturated rings. The van der Waals surface area contributed by atoms with E-state index in [0.29, 0.717) is 24.7 Å². The third-order valence-corrected chi connectivity index (χ3v) is 2.72. The van der Waals surface area contributed by atoms with Crippen LogP contribution in [0.2, 0.25) is 0 Å². The first-order valence-electron chi connectivity index (χ1n) is 7.69. The molecular weight excluding hydrogens is 314 g/mol. The highest BCUT2D eigenvalue weighted by Crippen LogP contribution is 2.28. The lowest BCUT2D eigenvalue weighted by atomic mass is 10.2. The van der Waals surface area contributed by atoms with Gasteiger partial charge >= 0.3 is 11.8 Å². The molecule has 1 rings (SSSR count). The third-order valence-electron chi connectivity index (χ3n) is 2.72. The van der Waals surface area contributed by atoms with Gasteiger partial charge in [0.25, 0.3) is 5.91 Å². The lowest BCUT2D eigenvalue weighted by Crippen LogP contribution is -2.49. The summed E-state index contributed by atoms with van der Waals surface area (Å²) in [6.07, 6.45) is 0. The van der Waals surface area contributed by atoms with Crippen LogP contribution in [0, 0.1) is 0 Å². The van der Waals surface area contributed by atoms with Crippen LogP contribution in [0.3, 0.4) is 0 Å². The minimum atomic E-state index is -0.951. The molecule has 0 aliphatic carbocycles. The standard InChI is InChI=1S/C16H23N3O5/c1-5-23-12-8-7-11(9-13(12)24-6-2)14(20)18-19-16(22)15(21)17-10(3)4/h7-10H,5-6H2,1-4H3,(H,17,21)(H,18,20)(H,19,22). The average Bonchev–Trinajstić information content (AvgIpc) is 2.53. The number of rotatable bonds is 6. The molecule has 0 spiro atoms. The van der Waals surface area contributed by atoms with E-state index in [1.807, 2.05) is 13.8 Å². The zero-order chi connectivity index (χ0) is 18.1. The van der Waals surface area contributed by atoms with Crippen molar-refractivity contribution in [2.45, 2.75) is 33.7 Å². The van der Waals surface area contributed by atoms with Crippen LogP contribution in [0.15, 0.2) is 18.2 Å². The molecule has 8 nitrogen and oxygen atoms in total. The summed E-state index contributed by atoms with van der Waals surface area (Å²) in [6, 6.07) is 4.46. The Bertz CT molecular complexity index is 601. The molecule has 0 aliphatic rings. The van der Waals surface area contributed by atoms with E-state index in [0.717, 1.165) is 0 Å². The molecule has 0 aromatic heterocycles. The first-order valence-corrected chi connectivity index (χ1v) is 7.69. The summed E-state index contributed by atoms with van der Waals surface area (Å²) in [6.45, 7) is 7.98. The van der Waals surface area contributed by atoms with Crippen molar-refractivity contribution in [1.82, 2.24) is 16.2 Å². The molecule has 3 amide bonds. The molecule has 0 unspecified atom stereocenters. The number of hydrogen-bond acceptors (Lipinski definition) is 5. The number of hydrogen-bond donors (Lipinski definition) is 3. The molecule has 0 atom stereocenters. The average molecular weight is 337 g/mol. The fourth-order valence-electron chi connectivity index (χ4n) is 1.76. The normalized spacial score (nSPS) is 10.0. The largest absolute Gasteiger partial charge is 0.490 e. The van der Waals surface area contributed by atoms with Gasteiger partial charge < -0.3 is 14.8 Å². The Labute approximate surface area is 140 Å². The van der Waals surface area contributed by atoms with E-state index in [9.17, 15) is 14.4 Å². The van der Waals surface area contributed by atoms with E-state index in [2.05, 4.69) is 16.2 Å². The minimum Gasteiger partial charge on any atom is -0.490 e. The summed E-state index contributed by atoms with van der Waals surface area (Å²) in [5, 5.41) is 2.41. The van der Waals surface area contributed by atoms with E-state index >= 15 is 0 Å². The van der Waals surface area contributed by atoms with Gasteiger partial charge in [-0.2, -0.15) is 0 Å². The molecule has 8 heteroatoms. The minimum absolute atomic E-state index is 0.182. The van der Waals surface area contributed by atoms with Gasteiger partial charge in [0.1, 0.15) is 0 Å². The Morgan fingerprint density at radius 1 is 0.958 bits per heavy atom. The van der Waals surface area contributed by atoms with E-state index in [1.165, 1.54) is 12.1 Å². The highest BCUT2D eigenvalue weighted by Gasteiger charge is 2.16. The second-order valence-corrected chi connectivity index (χ2v) is 5.06. The molecule has 0 radical (unpaired) electrons. The number of ether oxygens (including phenoxy) is 2. The lowest BCUT2D eigenvalue weighted by Gasteiger charge is -2.13. The molecule has 0 saturated carbocycles. The van der Waals surface area contributed by atoms with Gasteiger partial charge in [0.15, 0.2) is 11.5 Å². The smallest absolute Gasteiger partial charge is 0.327 e. The molecule has 0 saturated heterocycles. The van der Waals surface area contributed by atoms with Gasteiger partial charge in [-0.05, 0) is 45.9 Å². The molecule has 1 aromatic carbocycles. The Morgan fingerprint density at radius 3 is 2.17 bits per heavy atom. The summed E-state index contributed by atoms with van der Waals surface area (Å²) in [7, 11) is 0. The maximum absolute atomic E-state index is 12.1. The van der Waals surface area contributed by atoms with Crippen molar-refractivity contribution in [3.63, 3.8) is 0 Å². The van der Waals surface area contributed by atoms with Gasteiger partial charge in [-0.3, -0.25) is 25.2 Å². The van der Waals surface area contributed by atoms with E-state index in [1.54, 1.807) is 19.9 Å². The molecule has 132 valence electrons. The van der Waals surface area contributed by atoms with Crippen LogP contribution in [0.4, 0.5) is 0 Å². The quantitative estimate of drug-likeness (QED) is 0.525. The Morgan fingerprint density at radius 2 is 1.58 bits per heavy atom. The summed E-state index contributed by atoms with van der Waals surface area (Å²) in [5.74, 6) is -1.41. The molecule has 3 N–H and O–H groups in total. The summed E-state index contributed by atoms with van der Waals surface area (Å²) in [4.78, 5) is 35.1. The van der Waals surface area contributed by atoms with Crippen LogP contribution in [-0.2, 0) is 9.59 Å². The molecule has 0 heterocycles. The summed E-state index contributed by atoms with van der Waals surface area (Å²) in [5.41, 5.74) is 4.49. The van der Waals surface area contributed by atoms with Crippen molar-refractivity contribution in [1.29, 1.82) is 0 Å². The van der Waals surface area contributed by atoms with Gasteiger partial charge in [0, 0.05) is 11.6 Å². The topological polar surface area (TPSA) is 106 Å². The van der Waals surface area contributed by atoms with Gasteiger partial charge in [-0.25, -0.2) is 0 Å². The third kappa shape index (κ3) is 5.79. The second-order valence-electron chi connectivity index (χ2n) is 5.06. The number of carbonyl (C=O) groups excluding carboxylic acids is 3. The summed E-state index contributed by atoms with van der Waals surface area (Å²) < 4.78 is 10.8. The van der Waals surface area contributed by atoms with Gasteiger partial charge in [-0.15, -0.1) is 0 Å². The van der Waals surface area contributed by atoms with E-state index in [-0.39, 0.29) is 11.6 Å². The van der Waals surface area contributed by atoms with Crippen LogP contribution < -0.4 is 25.6 Å². The maximum Gasteiger partial charge on any atom is 0.327 e. The summed E-state index contributed by atoms with van der Waals surface area (Å²) >= 11 is 0. The van der Waals surface area contributed by atoms with Crippen molar-refractivity contribution in [3.8, 4) is 11.5 Å². The molecule has 0 aliphatic heterocycles. The SMILES string of the molecule is CCOc1ccc(C(=O)NNC(=O)C(=O)NC(C)C)cc1OCC.